The number of nitrogens with two attached hydrogens (primary N) is 1. The Labute approximate surface area is 102 Å². The Bertz CT molecular complexity index is 593. The van der Waals surface area contributed by atoms with Gasteiger partial charge in [-0.2, -0.15) is 5.10 Å². The fourth-order valence-electron chi connectivity index (χ4n) is 1.58. The van der Waals surface area contributed by atoms with Crippen molar-refractivity contribution < 1.29 is 14.7 Å². The second-order valence-electron chi connectivity index (χ2n) is 3.83. The molecule has 2 aromatic rings. The quantitative estimate of drug-likeness (QED) is 0.620. The highest BCUT2D eigenvalue weighted by Gasteiger charge is 2.17. The van der Waals surface area contributed by atoms with Gasteiger partial charge in [0.1, 0.15) is 0 Å². The van der Waals surface area contributed by atoms with Gasteiger partial charge in [-0.1, -0.05) is 6.07 Å². The summed E-state index contributed by atoms with van der Waals surface area (Å²) in [4.78, 5) is 22.1. The Morgan fingerprint density at radius 2 is 2.28 bits per heavy atom. The van der Waals surface area contributed by atoms with Crippen molar-refractivity contribution in [1.82, 2.24) is 10.2 Å². The van der Waals surface area contributed by atoms with Crippen LogP contribution in [0.3, 0.4) is 0 Å². The van der Waals surface area contributed by atoms with Gasteiger partial charge in [-0.15, -0.1) is 0 Å². The van der Waals surface area contributed by atoms with E-state index in [0.717, 1.165) is 10.9 Å². The van der Waals surface area contributed by atoms with Crippen molar-refractivity contribution in [2.24, 2.45) is 5.73 Å². The highest BCUT2D eigenvalue weighted by molar-refractivity contribution is 6.03. The molecule has 2 rings (SSSR count). The van der Waals surface area contributed by atoms with Gasteiger partial charge in [-0.05, 0) is 12.1 Å². The minimum absolute atomic E-state index is 0.410. The minimum atomic E-state index is -1.11. The van der Waals surface area contributed by atoms with Crippen LogP contribution in [0, 0.1) is 0 Å². The summed E-state index contributed by atoms with van der Waals surface area (Å²) in [5, 5.41) is 18.5. The Morgan fingerprint density at radius 3 is 3.00 bits per heavy atom. The molecule has 1 aromatic carbocycles. The zero-order valence-corrected chi connectivity index (χ0v) is 9.38. The molecule has 0 bridgehead atoms. The summed E-state index contributed by atoms with van der Waals surface area (Å²) in [5.41, 5.74) is 6.79. The molecule has 0 aliphatic rings. The van der Waals surface area contributed by atoms with Gasteiger partial charge < -0.3 is 16.2 Å². The number of fused-ring (bicyclic) bond motifs is 1. The van der Waals surface area contributed by atoms with Crippen molar-refractivity contribution in [2.45, 2.75) is 12.5 Å². The van der Waals surface area contributed by atoms with E-state index in [-0.39, 0.29) is 0 Å². The van der Waals surface area contributed by atoms with E-state index in [9.17, 15) is 9.59 Å². The third kappa shape index (κ3) is 2.46. The standard InChI is InChI=1S/C11H12N4O3/c12-7(4-10(16)17)11(18)14-8-2-1-3-9-6(8)5-13-15-9/h1-3,5,7H,4,12H2,(H,13,15)(H,14,18)(H,16,17). The van der Waals surface area contributed by atoms with Crippen molar-refractivity contribution in [3.05, 3.63) is 24.4 Å². The van der Waals surface area contributed by atoms with E-state index >= 15 is 0 Å². The average molecular weight is 248 g/mol. The highest BCUT2D eigenvalue weighted by Crippen LogP contribution is 2.21. The van der Waals surface area contributed by atoms with Crippen molar-refractivity contribution in [2.75, 3.05) is 5.32 Å². The van der Waals surface area contributed by atoms with Crippen molar-refractivity contribution in [3.63, 3.8) is 0 Å². The molecular weight excluding hydrogens is 236 g/mol. The van der Waals surface area contributed by atoms with Crippen LogP contribution in [0.5, 0.6) is 0 Å². The maximum atomic E-state index is 11.7. The Hall–Kier alpha value is -2.41. The first-order valence-corrected chi connectivity index (χ1v) is 5.28. The van der Waals surface area contributed by atoms with Crippen molar-refractivity contribution >= 4 is 28.5 Å². The molecule has 5 N–H and O–H groups in total. The summed E-state index contributed by atoms with van der Waals surface area (Å²) in [5.74, 6) is -1.65. The fraction of sp³-hybridized carbons (Fsp3) is 0.182. The SMILES string of the molecule is NC(CC(=O)O)C(=O)Nc1cccc2[nH]ncc12. The van der Waals surface area contributed by atoms with Gasteiger partial charge in [-0.3, -0.25) is 14.7 Å². The molecule has 0 saturated carbocycles. The number of aliphatic carboxylic acids is 1. The second-order valence-corrected chi connectivity index (χ2v) is 3.83. The van der Waals surface area contributed by atoms with Crippen LogP contribution in [0.1, 0.15) is 6.42 Å². The monoisotopic (exact) mass is 248 g/mol. The molecule has 0 aliphatic carbocycles. The zero-order valence-electron chi connectivity index (χ0n) is 9.38. The van der Waals surface area contributed by atoms with E-state index in [1.807, 2.05) is 6.07 Å². The number of H-pyrrole nitrogens is 1. The molecule has 1 amide bonds. The number of carbonyl (C=O) groups excluding carboxylic acids is 1. The number of nitrogens with one attached hydrogen (secondary N) is 2. The van der Waals surface area contributed by atoms with E-state index in [4.69, 9.17) is 10.8 Å². The molecule has 1 atom stereocenters. The number of carboxylic acids is 1. The van der Waals surface area contributed by atoms with E-state index in [1.54, 1.807) is 18.3 Å². The van der Waals surface area contributed by atoms with Crippen LogP contribution >= 0.6 is 0 Å². The number of benzene rings is 1. The lowest BCUT2D eigenvalue weighted by Gasteiger charge is -2.10. The van der Waals surface area contributed by atoms with Gasteiger partial charge >= 0.3 is 5.97 Å². The normalized spacial score (nSPS) is 12.3. The number of hydrogen-bond donors (Lipinski definition) is 4. The van der Waals surface area contributed by atoms with Crippen LogP contribution in [0.4, 0.5) is 5.69 Å². The summed E-state index contributed by atoms with van der Waals surface area (Å²) in [6, 6.07) is 4.18. The molecule has 0 spiro atoms. The first-order valence-electron chi connectivity index (χ1n) is 5.28. The molecule has 1 heterocycles. The molecule has 7 nitrogen and oxygen atoms in total. The average Bonchev–Trinajstić information content (AvgIpc) is 2.77. The van der Waals surface area contributed by atoms with Crippen LogP contribution in [0.2, 0.25) is 0 Å². The first-order chi connectivity index (χ1) is 8.58. The van der Waals surface area contributed by atoms with Crippen molar-refractivity contribution in [3.8, 4) is 0 Å². The summed E-state index contributed by atoms with van der Waals surface area (Å²) < 4.78 is 0. The molecule has 1 aromatic heterocycles. The van der Waals surface area contributed by atoms with E-state index < -0.39 is 24.3 Å². The lowest BCUT2D eigenvalue weighted by Crippen LogP contribution is -2.37. The third-order valence-electron chi connectivity index (χ3n) is 2.47. The van der Waals surface area contributed by atoms with E-state index in [0.29, 0.717) is 5.69 Å². The first kappa shape index (κ1) is 12.1. The highest BCUT2D eigenvalue weighted by atomic mass is 16.4. The number of aromatic nitrogens is 2. The minimum Gasteiger partial charge on any atom is -0.481 e. The van der Waals surface area contributed by atoms with Crippen LogP contribution in [0.15, 0.2) is 24.4 Å². The fourth-order valence-corrected chi connectivity index (χ4v) is 1.58. The predicted octanol–water partition coefficient (Wildman–Crippen LogP) is 0.303. The maximum absolute atomic E-state index is 11.7. The molecule has 0 aliphatic heterocycles. The zero-order chi connectivity index (χ0) is 13.1. The van der Waals surface area contributed by atoms with Gasteiger partial charge in [0.05, 0.1) is 29.9 Å². The van der Waals surface area contributed by atoms with Crippen LogP contribution < -0.4 is 11.1 Å². The Balaban J connectivity index is 2.16. The van der Waals surface area contributed by atoms with Gasteiger partial charge in [0.15, 0.2) is 0 Å². The lowest BCUT2D eigenvalue weighted by molar-refractivity contribution is -0.138. The number of aromatic amines is 1. The van der Waals surface area contributed by atoms with Gasteiger partial charge in [0, 0.05) is 5.39 Å². The molecule has 18 heavy (non-hydrogen) atoms. The van der Waals surface area contributed by atoms with E-state index in [2.05, 4.69) is 15.5 Å². The summed E-state index contributed by atoms with van der Waals surface area (Å²) in [7, 11) is 0. The number of amides is 1. The summed E-state index contributed by atoms with van der Waals surface area (Å²) in [6.07, 6.45) is 1.17. The Kier molecular flexibility index (Phi) is 3.24. The third-order valence-corrected chi connectivity index (χ3v) is 2.47. The predicted molar refractivity (Wildman–Crippen MR) is 65.0 cm³/mol. The van der Waals surface area contributed by atoms with Crippen LogP contribution in [-0.2, 0) is 9.59 Å². The number of carboxylic acid groups (broad SMARTS) is 1. The van der Waals surface area contributed by atoms with Gasteiger partial charge in [0.2, 0.25) is 5.91 Å². The second kappa shape index (κ2) is 4.84. The number of hydrogen-bond acceptors (Lipinski definition) is 4. The Morgan fingerprint density at radius 1 is 1.50 bits per heavy atom. The molecule has 94 valence electrons. The number of carbonyl (C=O) groups is 2. The van der Waals surface area contributed by atoms with E-state index in [1.165, 1.54) is 0 Å². The summed E-state index contributed by atoms with van der Waals surface area (Å²) in [6.45, 7) is 0. The molecule has 7 heteroatoms. The van der Waals surface area contributed by atoms with Gasteiger partial charge in [0.25, 0.3) is 0 Å². The number of anilines is 1. The van der Waals surface area contributed by atoms with Crippen LogP contribution in [0.25, 0.3) is 10.9 Å². The number of rotatable bonds is 4. The topological polar surface area (TPSA) is 121 Å². The largest absolute Gasteiger partial charge is 0.481 e. The van der Waals surface area contributed by atoms with Crippen molar-refractivity contribution in [1.29, 1.82) is 0 Å². The number of nitrogens with zero attached hydrogens (tertiary/aromatic N) is 1. The molecule has 0 fully saturated rings. The molecule has 0 radical (unpaired) electrons. The van der Waals surface area contributed by atoms with Crippen LogP contribution in [-0.4, -0.2) is 33.2 Å². The molecular formula is C11H12N4O3. The lowest BCUT2D eigenvalue weighted by atomic mass is 10.2. The summed E-state index contributed by atoms with van der Waals surface area (Å²) >= 11 is 0. The molecule has 1 unspecified atom stereocenters. The molecule has 0 saturated heterocycles. The maximum Gasteiger partial charge on any atom is 0.305 e. The van der Waals surface area contributed by atoms with Gasteiger partial charge in [-0.25, -0.2) is 0 Å². The smallest absolute Gasteiger partial charge is 0.305 e.